The normalized spacial score (nSPS) is 22.0. The van der Waals surface area contributed by atoms with Crippen LogP contribution in [0.4, 0.5) is 4.39 Å². The molecule has 8 nitrogen and oxygen atoms in total. The molecular formula is C19H19FN2O6. The summed E-state index contributed by atoms with van der Waals surface area (Å²) in [5, 5.41) is 19.7. The zero-order valence-electron chi connectivity index (χ0n) is 14.8. The van der Waals surface area contributed by atoms with Crippen molar-refractivity contribution < 1.29 is 28.5 Å². The van der Waals surface area contributed by atoms with Crippen LogP contribution in [0.15, 0.2) is 45.7 Å². The number of hydrogen-bond acceptors (Lipinski definition) is 7. The molecule has 3 atom stereocenters. The highest BCUT2D eigenvalue weighted by Gasteiger charge is 2.35. The van der Waals surface area contributed by atoms with E-state index in [1.54, 1.807) is 36.5 Å². The molecule has 9 heteroatoms. The lowest BCUT2D eigenvalue weighted by Gasteiger charge is -2.13. The van der Waals surface area contributed by atoms with Gasteiger partial charge < -0.3 is 24.1 Å². The molecule has 0 amide bonds. The number of furan rings is 1. The molecule has 2 N–H and O–H groups in total. The Morgan fingerprint density at radius 2 is 2.11 bits per heavy atom. The van der Waals surface area contributed by atoms with Gasteiger partial charge in [0, 0.05) is 18.2 Å². The van der Waals surface area contributed by atoms with E-state index in [-0.39, 0.29) is 25.3 Å². The number of benzene rings is 1. The molecule has 148 valence electrons. The second-order valence-electron chi connectivity index (χ2n) is 6.48. The van der Waals surface area contributed by atoms with Gasteiger partial charge in [-0.25, -0.2) is 9.18 Å². The molecule has 1 aliphatic heterocycles. The molecule has 1 aromatic carbocycles. The zero-order chi connectivity index (χ0) is 19.7. The minimum absolute atomic E-state index is 0.00471. The number of alkyl halides is 1. The van der Waals surface area contributed by atoms with Crippen LogP contribution in [0.1, 0.15) is 12.6 Å². The van der Waals surface area contributed by atoms with Crippen LogP contribution < -0.4 is 10.4 Å². The monoisotopic (exact) mass is 389 g/mol. The van der Waals surface area contributed by atoms with Crippen LogP contribution in [-0.4, -0.2) is 51.9 Å². The summed E-state index contributed by atoms with van der Waals surface area (Å²) in [5.74, 6) is 1.06. The Balaban J connectivity index is 1.62. The first-order valence-corrected chi connectivity index (χ1v) is 8.85. The van der Waals surface area contributed by atoms with Gasteiger partial charge in [0.05, 0.1) is 18.1 Å². The average molecular weight is 389 g/mol. The third-order valence-corrected chi connectivity index (χ3v) is 4.62. The number of aliphatic hydroxyl groups excluding tert-OH is 2. The van der Waals surface area contributed by atoms with Gasteiger partial charge in [-0.2, -0.15) is 4.98 Å². The van der Waals surface area contributed by atoms with E-state index in [9.17, 15) is 19.4 Å². The molecule has 1 aliphatic rings. The van der Waals surface area contributed by atoms with Gasteiger partial charge in [0.2, 0.25) is 5.71 Å². The Morgan fingerprint density at radius 3 is 2.79 bits per heavy atom. The quantitative estimate of drug-likeness (QED) is 0.660. The van der Waals surface area contributed by atoms with Gasteiger partial charge in [0.15, 0.2) is 0 Å². The predicted octanol–water partition coefficient (Wildman–Crippen LogP) is 1.65. The lowest BCUT2D eigenvalue weighted by atomic mass is 10.1. The van der Waals surface area contributed by atoms with Crippen LogP contribution in [0.5, 0.6) is 5.75 Å². The number of hydrogen-bond donors (Lipinski definition) is 2. The van der Waals surface area contributed by atoms with Crippen LogP contribution in [0, 0.1) is 0 Å². The number of nitrogens with zero attached hydrogens (tertiary/aromatic N) is 2. The second kappa shape index (κ2) is 7.70. The van der Waals surface area contributed by atoms with Gasteiger partial charge in [-0.05, 0) is 30.3 Å². The largest absolute Gasteiger partial charge is 0.491 e. The number of rotatable bonds is 6. The molecule has 0 unspecified atom stereocenters. The summed E-state index contributed by atoms with van der Waals surface area (Å²) < 4.78 is 29.9. The van der Waals surface area contributed by atoms with E-state index in [4.69, 9.17) is 13.9 Å². The number of halogens is 1. The molecule has 3 aromatic rings. The van der Waals surface area contributed by atoms with E-state index in [0.717, 1.165) is 5.56 Å². The number of fused-ring (bicyclic) bond motifs is 1. The summed E-state index contributed by atoms with van der Waals surface area (Å²) in [7, 11) is 0. The van der Waals surface area contributed by atoms with Gasteiger partial charge in [-0.15, -0.1) is 0 Å². The summed E-state index contributed by atoms with van der Waals surface area (Å²) in [4.78, 5) is 16.3. The maximum Gasteiger partial charge on any atom is 0.353 e. The minimum Gasteiger partial charge on any atom is -0.491 e. The van der Waals surface area contributed by atoms with Crippen molar-refractivity contribution in [3.8, 4) is 17.1 Å². The summed E-state index contributed by atoms with van der Waals surface area (Å²) in [6.07, 6.45) is -0.542. The summed E-state index contributed by atoms with van der Waals surface area (Å²) in [6.45, 7) is -0.895. The summed E-state index contributed by atoms with van der Waals surface area (Å²) in [5.41, 5.74) is 0.364. The standard InChI is InChI=1S/C19H19FN2O6/c20-5-6-26-13-3-1-11(2-4-13)15-7-12-9-22(19(25)21-18(12)28-15)17-8-14(24)16(10-23)27-17/h1-4,7,9,14,16-17,23-24H,5-6,8,10H2/t14-,16+,17+/m0/s1/i20-1. The average Bonchev–Trinajstić information content (AvgIpc) is 3.28. The van der Waals surface area contributed by atoms with Crippen molar-refractivity contribution in [3.63, 3.8) is 0 Å². The number of aliphatic hydroxyl groups is 2. The highest BCUT2D eigenvalue weighted by atomic mass is 18.2. The van der Waals surface area contributed by atoms with Crippen LogP contribution in [0.25, 0.3) is 22.4 Å². The van der Waals surface area contributed by atoms with Crippen molar-refractivity contribution in [2.75, 3.05) is 19.9 Å². The van der Waals surface area contributed by atoms with Gasteiger partial charge >= 0.3 is 5.69 Å². The molecule has 28 heavy (non-hydrogen) atoms. The summed E-state index contributed by atoms with van der Waals surface area (Å²) >= 11 is 0. The molecule has 4 rings (SSSR count). The Kier molecular flexibility index (Phi) is 5.12. The fourth-order valence-electron chi connectivity index (χ4n) is 3.20. The van der Waals surface area contributed by atoms with E-state index in [1.165, 1.54) is 4.57 Å². The van der Waals surface area contributed by atoms with E-state index in [0.29, 0.717) is 16.9 Å². The topological polar surface area (TPSA) is 107 Å². The molecule has 0 radical (unpaired) electrons. The van der Waals surface area contributed by atoms with E-state index in [2.05, 4.69) is 4.98 Å². The first-order valence-electron chi connectivity index (χ1n) is 8.85. The Bertz CT molecular complexity index is 1020. The zero-order valence-corrected chi connectivity index (χ0v) is 14.8. The van der Waals surface area contributed by atoms with Crippen LogP contribution >= 0.6 is 0 Å². The number of aromatic nitrogens is 2. The fraction of sp³-hybridized carbons (Fsp3) is 0.368. The van der Waals surface area contributed by atoms with Crippen LogP contribution in [0.3, 0.4) is 0 Å². The Labute approximate surface area is 158 Å². The van der Waals surface area contributed by atoms with Crippen molar-refractivity contribution in [2.24, 2.45) is 0 Å². The molecule has 1 saturated heterocycles. The third-order valence-electron chi connectivity index (χ3n) is 4.62. The molecule has 2 aromatic heterocycles. The highest BCUT2D eigenvalue weighted by Crippen LogP contribution is 2.30. The molecule has 0 bridgehead atoms. The number of ether oxygens (including phenoxy) is 2. The van der Waals surface area contributed by atoms with Crippen molar-refractivity contribution in [1.29, 1.82) is 0 Å². The SMILES string of the molecule is O=c1nc2oc(-c3ccc(OCC[18F])cc3)cc2cn1[C@H]1C[C@H](O)[C@@H](CO)O1. The maximum absolute atomic E-state index is 12.3. The van der Waals surface area contributed by atoms with Gasteiger partial charge in [-0.1, -0.05) is 0 Å². The van der Waals surface area contributed by atoms with E-state index >= 15 is 0 Å². The van der Waals surface area contributed by atoms with Gasteiger partial charge in [0.25, 0.3) is 0 Å². The highest BCUT2D eigenvalue weighted by molar-refractivity contribution is 5.79. The molecular weight excluding hydrogens is 370 g/mol. The van der Waals surface area contributed by atoms with Gasteiger partial charge in [-0.3, -0.25) is 4.57 Å². The molecule has 0 saturated carbocycles. The van der Waals surface area contributed by atoms with Crippen molar-refractivity contribution in [2.45, 2.75) is 24.9 Å². The van der Waals surface area contributed by atoms with E-state index in [1.807, 2.05) is 0 Å². The molecule has 3 heterocycles. The third kappa shape index (κ3) is 3.51. The predicted molar refractivity (Wildman–Crippen MR) is 96.8 cm³/mol. The van der Waals surface area contributed by atoms with Crippen LogP contribution in [-0.2, 0) is 4.74 Å². The maximum atomic E-state index is 12.3. The second-order valence-corrected chi connectivity index (χ2v) is 6.48. The first kappa shape index (κ1) is 18.6. The van der Waals surface area contributed by atoms with Gasteiger partial charge in [0.1, 0.15) is 37.1 Å². The van der Waals surface area contributed by atoms with E-state index < -0.39 is 30.8 Å². The van der Waals surface area contributed by atoms with Crippen molar-refractivity contribution in [3.05, 3.63) is 47.0 Å². The fourth-order valence-corrected chi connectivity index (χ4v) is 3.20. The van der Waals surface area contributed by atoms with Crippen LogP contribution in [0.2, 0.25) is 0 Å². The Morgan fingerprint density at radius 1 is 1.32 bits per heavy atom. The summed E-state index contributed by atoms with van der Waals surface area (Å²) in [6, 6.07) is 8.67. The van der Waals surface area contributed by atoms with Crippen molar-refractivity contribution >= 4 is 11.1 Å². The lowest BCUT2D eigenvalue weighted by molar-refractivity contribution is -0.0457. The molecule has 0 spiro atoms. The van der Waals surface area contributed by atoms with Crippen molar-refractivity contribution in [1.82, 2.24) is 9.55 Å². The lowest BCUT2D eigenvalue weighted by Crippen LogP contribution is -2.27. The first-order chi connectivity index (χ1) is 13.6. The molecule has 1 fully saturated rings. The Hall–Kier alpha value is -2.75. The molecule has 0 aliphatic carbocycles. The smallest absolute Gasteiger partial charge is 0.353 e. The minimum atomic E-state index is -0.851.